The number of carboxylic acids is 1. The highest BCUT2D eigenvalue weighted by Crippen LogP contribution is 2.29. The lowest BCUT2D eigenvalue weighted by atomic mass is 9.90. The molecule has 210 valence electrons. The molecule has 1 amide bonds. The van der Waals surface area contributed by atoms with Gasteiger partial charge in [0.25, 0.3) is 5.91 Å². The first kappa shape index (κ1) is 29.9. The van der Waals surface area contributed by atoms with E-state index in [4.69, 9.17) is 28.3 Å². The number of hydrogen-bond donors (Lipinski definition) is 3. The van der Waals surface area contributed by atoms with Crippen LogP contribution in [0.25, 0.3) is 11.1 Å². The zero-order chi connectivity index (χ0) is 29.5. The predicted octanol–water partition coefficient (Wildman–Crippen LogP) is 6.28. The molecular formula is C32H27Cl2NO6. The van der Waals surface area contributed by atoms with Crippen LogP contribution in [0.15, 0.2) is 78.9 Å². The Labute approximate surface area is 247 Å². The smallest absolute Gasteiger partial charge is 0.334 e. The van der Waals surface area contributed by atoms with Crippen LogP contribution in [0, 0.1) is 0 Å². The molecule has 0 radical (unpaired) electrons. The Balaban J connectivity index is 1.64. The number of carbonyl (C=O) groups is 4. The number of amides is 1. The minimum absolute atomic E-state index is 0.150. The maximum atomic E-state index is 13.7. The fraction of sp³-hybridized carbons (Fsp3) is 0.188. The Morgan fingerprint density at radius 1 is 0.829 bits per heavy atom. The molecule has 4 rings (SSSR count). The predicted molar refractivity (Wildman–Crippen MR) is 158 cm³/mol. The SMILES string of the molecule is O=C(/C=C(\C(=O)c1ccc(C(=O)NC[C@@H](O)C(=O)O)cc1)c1ccc(C2=CCCCC2)cc1)c1cc(Cl)cc(Cl)c1. The second kappa shape index (κ2) is 13.5. The quantitative estimate of drug-likeness (QED) is 0.188. The summed E-state index contributed by atoms with van der Waals surface area (Å²) in [7, 11) is 0. The molecule has 0 aliphatic heterocycles. The molecule has 3 aromatic carbocycles. The van der Waals surface area contributed by atoms with Crippen LogP contribution in [0.1, 0.15) is 67.9 Å². The lowest BCUT2D eigenvalue weighted by Crippen LogP contribution is -2.36. The third-order valence-corrected chi connectivity index (χ3v) is 7.11. The molecule has 0 saturated heterocycles. The molecule has 0 saturated carbocycles. The molecule has 41 heavy (non-hydrogen) atoms. The number of allylic oxidation sites excluding steroid dienone is 4. The summed E-state index contributed by atoms with van der Waals surface area (Å²) < 4.78 is 0. The number of ketones is 2. The van der Waals surface area contributed by atoms with E-state index in [0.29, 0.717) is 5.56 Å². The molecule has 0 heterocycles. The van der Waals surface area contributed by atoms with Crippen LogP contribution >= 0.6 is 23.2 Å². The summed E-state index contributed by atoms with van der Waals surface area (Å²) in [5, 5.41) is 21.0. The molecule has 1 atom stereocenters. The van der Waals surface area contributed by atoms with E-state index in [-0.39, 0.29) is 32.3 Å². The summed E-state index contributed by atoms with van der Waals surface area (Å²) in [4.78, 5) is 50.1. The number of carboxylic acid groups (broad SMARTS) is 1. The van der Waals surface area contributed by atoms with Gasteiger partial charge >= 0.3 is 5.97 Å². The number of aliphatic carboxylic acids is 1. The van der Waals surface area contributed by atoms with Crippen molar-refractivity contribution in [1.29, 1.82) is 0 Å². The number of hydrogen-bond acceptors (Lipinski definition) is 5. The molecule has 9 heteroatoms. The minimum Gasteiger partial charge on any atom is -0.479 e. The van der Waals surface area contributed by atoms with Crippen molar-refractivity contribution in [1.82, 2.24) is 5.32 Å². The fourth-order valence-corrected chi connectivity index (χ4v) is 4.99. The van der Waals surface area contributed by atoms with Crippen molar-refractivity contribution in [3.8, 4) is 0 Å². The van der Waals surface area contributed by atoms with Gasteiger partial charge in [0.1, 0.15) is 0 Å². The molecule has 0 spiro atoms. The van der Waals surface area contributed by atoms with Gasteiger partial charge in [0.15, 0.2) is 17.7 Å². The molecule has 7 nitrogen and oxygen atoms in total. The van der Waals surface area contributed by atoms with Crippen LogP contribution in [0.4, 0.5) is 0 Å². The van der Waals surface area contributed by atoms with Crippen LogP contribution in [0.3, 0.4) is 0 Å². The number of benzene rings is 3. The van der Waals surface area contributed by atoms with Gasteiger partial charge in [-0.3, -0.25) is 14.4 Å². The molecule has 3 aromatic rings. The van der Waals surface area contributed by atoms with Crippen LogP contribution in [-0.2, 0) is 4.79 Å². The minimum atomic E-state index is -1.74. The molecule has 0 fully saturated rings. The molecule has 1 aliphatic carbocycles. The summed E-state index contributed by atoms with van der Waals surface area (Å²) in [6.07, 6.45) is 6.07. The van der Waals surface area contributed by atoms with Gasteiger partial charge in [-0.1, -0.05) is 65.7 Å². The van der Waals surface area contributed by atoms with Crippen molar-refractivity contribution in [3.05, 3.63) is 117 Å². The van der Waals surface area contributed by atoms with E-state index in [1.54, 1.807) is 0 Å². The molecular weight excluding hydrogens is 565 g/mol. The van der Waals surface area contributed by atoms with Gasteiger partial charge < -0.3 is 15.5 Å². The van der Waals surface area contributed by atoms with E-state index in [1.807, 2.05) is 24.3 Å². The molecule has 1 aliphatic rings. The Morgan fingerprint density at radius 3 is 2.02 bits per heavy atom. The number of Topliss-reactive ketones (excluding diaryl/α,β-unsaturated/α-hetero) is 1. The largest absolute Gasteiger partial charge is 0.479 e. The summed E-state index contributed by atoms with van der Waals surface area (Å²) in [6, 6.07) is 17.7. The van der Waals surface area contributed by atoms with Gasteiger partial charge in [-0.25, -0.2) is 4.79 Å². The maximum absolute atomic E-state index is 13.7. The standard InChI is InChI=1S/C32H27Cl2NO6/c33-25-14-24(15-26(34)16-25)28(36)17-27(21-8-6-20(7-9-21)19-4-2-1-3-5-19)30(38)22-10-12-23(13-11-22)31(39)35-18-29(37)32(40)41/h4,6-17,29,37H,1-3,5,18H2,(H,35,39)(H,40,41)/b27-17-/t29-/m1/s1. The van der Waals surface area contributed by atoms with Gasteiger partial charge in [-0.15, -0.1) is 0 Å². The maximum Gasteiger partial charge on any atom is 0.334 e. The van der Waals surface area contributed by atoms with Gasteiger partial charge in [0.05, 0.1) is 6.54 Å². The van der Waals surface area contributed by atoms with Crippen molar-refractivity contribution in [2.24, 2.45) is 0 Å². The Kier molecular flexibility index (Phi) is 9.89. The van der Waals surface area contributed by atoms with E-state index in [0.717, 1.165) is 24.8 Å². The van der Waals surface area contributed by atoms with Crippen molar-refractivity contribution in [2.45, 2.75) is 31.8 Å². The number of nitrogens with one attached hydrogen (secondary N) is 1. The van der Waals surface area contributed by atoms with Gasteiger partial charge in [-0.2, -0.15) is 0 Å². The number of carbonyl (C=O) groups excluding carboxylic acids is 3. The zero-order valence-corrected chi connectivity index (χ0v) is 23.4. The Morgan fingerprint density at radius 2 is 1.44 bits per heavy atom. The van der Waals surface area contributed by atoms with E-state index >= 15 is 0 Å². The molecule has 0 bridgehead atoms. The zero-order valence-electron chi connectivity index (χ0n) is 21.9. The first-order chi connectivity index (χ1) is 19.6. The lowest BCUT2D eigenvalue weighted by Gasteiger charge is -2.14. The normalized spacial score (nSPS) is 14.1. The first-order valence-electron chi connectivity index (χ1n) is 13.0. The molecule has 3 N–H and O–H groups in total. The van der Waals surface area contributed by atoms with E-state index in [9.17, 15) is 24.3 Å². The van der Waals surface area contributed by atoms with Crippen LogP contribution < -0.4 is 5.32 Å². The van der Waals surface area contributed by atoms with Gasteiger partial charge in [0.2, 0.25) is 0 Å². The monoisotopic (exact) mass is 591 g/mol. The van der Waals surface area contributed by atoms with Crippen molar-refractivity contribution < 1.29 is 29.4 Å². The molecule has 0 unspecified atom stereocenters. The van der Waals surface area contributed by atoms with Crippen molar-refractivity contribution in [2.75, 3.05) is 6.54 Å². The Bertz CT molecular complexity index is 1520. The van der Waals surface area contributed by atoms with E-state index in [2.05, 4.69) is 11.4 Å². The number of aliphatic hydroxyl groups is 1. The highest BCUT2D eigenvalue weighted by Gasteiger charge is 2.20. The van der Waals surface area contributed by atoms with Gasteiger partial charge in [-0.05, 0) is 78.8 Å². The van der Waals surface area contributed by atoms with Gasteiger partial charge in [0, 0.05) is 32.3 Å². The summed E-state index contributed by atoms with van der Waals surface area (Å²) in [5.74, 6) is -2.96. The van der Waals surface area contributed by atoms with Crippen molar-refractivity contribution in [3.63, 3.8) is 0 Å². The average molecular weight is 592 g/mol. The third kappa shape index (κ3) is 7.79. The summed E-state index contributed by atoms with van der Waals surface area (Å²) >= 11 is 12.2. The van der Waals surface area contributed by atoms with E-state index in [1.165, 1.54) is 60.5 Å². The second-order valence-electron chi connectivity index (χ2n) is 9.60. The Hall–Kier alpha value is -4.04. The number of halogens is 2. The summed E-state index contributed by atoms with van der Waals surface area (Å²) in [6.45, 7) is -0.468. The molecule has 0 aromatic heterocycles. The second-order valence-corrected chi connectivity index (χ2v) is 10.5. The van der Waals surface area contributed by atoms with Crippen LogP contribution in [0.5, 0.6) is 0 Å². The first-order valence-corrected chi connectivity index (χ1v) is 13.7. The average Bonchev–Trinajstić information content (AvgIpc) is 2.98. The number of aliphatic hydroxyl groups excluding tert-OH is 1. The third-order valence-electron chi connectivity index (χ3n) is 6.68. The van der Waals surface area contributed by atoms with E-state index < -0.39 is 36.1 Å². The highest BCUT2D eigenvalue weighted by atomic mass is 35.5. The lowest BCUT2D eigenvalue weighted by molar-refractivity contribution is -0.146. The number of rotatable bonds is 10. The van der Waals surface area contributed by atoms with Crippen molar-refractivity contribution >= 4 is 57.8 Å². The summed E-state index contributed by atoms with van der Waals surface area (Å²) in [5.41, 5.74) is 3.64. The fourth-order valence-electron chi connectivity index (χ4n) is 4.46. The topological polar surface area (TPSA) is 121 Å². The van der Waals surface area contributed by atoms with Crippen LogP contribution in [-0.4, -0.2) is 46.3 Å². The van der Waals surface area contributed by atoms with Crippen LogP contribution in [0.2, 0.25) is 10.0 Å². The highest BCUT2D eigenvalue weighted by molar-refractivity contribution is 6.36.